The third-order valence-electron chi connectivity index (χ3n) is 4.60. The number of nitro groups is 1. The molecule has 8 nitrogen and oxygen atoms in total. The smallest absolute Gasteiger partial charge is 0.270 e. The molecule has 8 heteroatoms. The van der Waals surface area contributed by atoms with Crippen molar-refractivity contribution < 1.29 is 14.5 Å². The van der Waals surface area contributed by atoms with Gasteiger partial charge in [0.1, 0.15) is 11.7 Å². The molecular formula is C22H20N4O4. The number of nitrogens with one attached hydrogen (secondary N) is 2. The molecule has 0 aliphatic rings. The van der Waals surface area contributed by atoms with Crippen LogP contribution in [0.25, 0.3) is 0 Å². The number of benzene rings is 2. The second-order valence-corrected chi connectivity index (χ2v) is 6.73. The van der Waals surface area contributed by atoms with Gasteiger partial charge in [0.25, 0.3) is 17.5 Å². The molecule has 2 amide bonds. The van der Waals surface area contributed by atoms with Crippen molar-refractivity contribution in [1.82, 2.24) is 10.3 Å². The molecule has 1 aromatic heterocycles. The fourth-order valence-corrected chi connectivity index (χ4v) is 3.00. The summed E-state index contributed by atoms with van der Waals surface area (Å²) in [5, 5.41) is 16.5. The number of non-ortho nitro benzene ring substituents is 1. The third-order valence-corrected chi connectivity index (χ3v) is 4.60. The molecule has 0 fully saturated rings. The van der Waals surface area contributed by atoms with E-state index in [4.69, 9.17) is 0 Å². The zero-order valence-corrected chi connectivity index (χ0v) is 16.5. The molecule has 1 heterocycles. The molecule has 0 bridgehead atoms. The van der Waals surface area contributed by atoms with Gasteiger partial charge in [0.2, 0.25) is 0 Å². The Morgan fingerprint density at radius 3 is 2.20 bits per heavy atom. The summed E-state index contributed by atoms with van der Waals surface area (Å²) in [7, 11) is 0. The molecule has 0 spiro atoms. The number of anilines is 1. The third kappa shape index (κ3) is 4.67. The minimum Gasteiger partial charge on any atom is -0.335 e. The largest absolute Gasteiger partial charge is 0.335 e. The van der Waals surface area contributed by atoms with E-state index in [0.29, 0.717) is 11.3 Å². The summed E-state index contributed by atoms with van der Waals surface area (Å²) in [6.45, 7) is 3.74. The number of hydrogen-bond donors (Lipinski definition) is 2. The lowest BCUT2D eigenvalue weighted by Gasteiger charge is -2.20. The number of amides is 2. The van der Waals surface area contributed by atoms with E-state index in [1.54, 1.807) is 12.1 Å². The first-order chi connectivity index (χ1) is 14.4. The van der Waals surface area contributed by atoms with Gasteiger partial charge < -0.3 is 10.6 Å². The molecule has 3 aromatic rings. The molecule has 0 aliphatic heterocycles. The molecule has 0 aliphatic carbocycles. The van der Waals surface area contributed by atoms with E-state index in [1.807, 2.05) is 32.0 Å². The number of nitro benzene ring substituents is 1. The SMILES string of the molecule is Cc1cccc(C)c1NC(=O)[C@@H](NC(=O)c1ccccn1)c1ccc([N+](=O)[O-])cc1. The summed E-state index contributed by atoms with van der Waals surface area (Å²) >= 11 is 0. The Hall–Kier alpha value is -4.07. The molecule has 0 saturated heterocycles. The Morgan fingerprint density at radius 2 is 1.63 bits per heavy atom. The van der Waals surface area contributed by atoms with Crippen molar-refractivity contribution in [2.75, 3.05) is 5.32 Å². The number of pyridine rings is 1. The van der Waals surface area contributed by atoms with Gasteiger partial charge in [-0.2, -0.15) is 0 Å². The average Bonchev–Trinajstić information content (AvgIpc) is 2.75. The van der Waals surface area contributed by atoms with Crippen LogP contribution in [0.3, 0.4) is 0 Å². The van der Waals surface area contributed by atoms with Crippen LogP contribution in [0, 0.1) is 24.0 Å². The van der Waals surface area contributed by atoms with E-state index < -0.39 is 22.8 Å². The van der Waals surface area contributed by atoms with Crippen LogP contribution in [-0.2, 0) is 4.79 Å². The Labute approximate surface area is 173 Å². The second-order valence-electron chi connectivity index (χ2n) is 6.73. The number of aryl methyl sites for hydroxylation is 2. The number of carbonyl (C=O) groups excluding carboxylic acids is 2. The van der Waals surface area contributed by atoms with E-state index in [1.165, 1.54) is 36.5 Å². The molecule has 1 atom stereocenters. The zero-order valence-electron chi connectivity index (χ0n) is 16.5. The molecular weight excluding hydrogens is 384 g/mol. The molecule has 0 unspecified atom stereocenters. The van der Waals surface area contributed by atoms with Crippen molar-refractivity contribution in [2.45, 2.75) is 19.9 Å². The highest BCUT2D eigenvalue weighted by atomic mass is 16.6. The normalized spacial score (nSPS) is 11.4. The van der Waals surface area contributed by atoms with Crippen LogP contribution in [0.15, 0.2) is 66.9 Å². The first kappa shape index (κ1) is 20.7. The van der Waals surface area contributed by atoms with Gasteiger partial charge in [-0.15, -0.1) is 0 Å². The maximum Gasteiger partial charge on any atom is 0.270 e. The van der Waals surface area contributed by atoms with Gasteiger partial charge >= 0.3 is 0 Å². The maximum atomic E-state index is 13.1. The Bertz CT molecular complexity index is 1060. The monoisotopic (exact) mass is 404 g/mol. The van der Waals surface area contributed by atoms with Gasteiger partial charge in [0, 0.05) is 24.0 Å². The summed E-state index contributed by atoms with van der Waals surface area (Å²) in [4.78, 5) is 40.2. The van der Waals surface area contributed by atoms with Gasteiger partial charge in [-0.25, -0.2) is 0 Å². The minimum absolute atomic E-state index is 0.108. The zero-order chi connectivity index (χ0) is 21.7. The lowest BCUT2D eigenvalue weighted by molar-refractivity contribution is -0.384. The van der Waals surface area contributed by atoms with Crippen molar-refractivity contribution in [3.8, 4) is 0 Å². The summed E-state index contributed by atoms with van der Waals surface area (Å²) in [6, 6.07) is 14.9. The van der Waals surface area contributed by atoms with Crippen LogP contribution in [0.1, 0.15) is 33.2 Å². The molecule has 3 rings (SSSR count). The highest BCUT2D eigenvalue weighted by Crippen LogP contribution is 2.24. The maximum absolute atomic E-state index is 13.1. The predicted molar refractivity (Wildman–Crippen MR) is 112 cm³/mol. The van der Waals surface area contributed by atoms with Gasteiger partial charge in [0.05, 0.1) is 4.92 Å². The molecule has 0 saturated carbocycles. The van der Waals surface area contributed by atoms with Gasteiger partial charge in [-0.1, -0.05) is 24.3 Å². The molecule has 2 aromatic carbocycles. The van der Waals surface area contributed by atoms with Crippen LogP contribution < -0.4 is 10.6 Å². The van der Waals surface area contributed by atoms with Gasteiger partial charge in [-0.3, -0.25) is 24.7 Å². The van der Waals surface area contributed by atoms with Crippen molar-refractivity contribution in [3.05, 3.63) is 99.4 Å². The van der Waals surface area contributed by atoms with Crippen molar-refractivity contribution in [2.24, 2.45) is 0 Å². The summed E-state index contributed by atoms with van der Waals surface area (Å²) < 4.78 is 0. The summed E-state index contributed by atoms with van der Waals surface area (Å²) in [5.41, 5.74) is 2.87. The highest BCUT2D eigenvalue weighted by Gasteiger charge is 2.25. The second kappa shape index (κ2) is 8.95. The number of para-hydroxylation sites is 1. The van der Waals surface area contributed by atoms with Gasteiger partial charge in [0.15, 0.2) is 0 Å². The van der Waals surface area contributed by atoms with E-state index >= 15 is 0 Å². The lowest BCUT2D eigenvalue weighted by atomic mass is 10.0. The minimum atomic E-state index is -1.07. The summed E-state index contributed by atoms with van der Waals surface area (Å²) in [5.74, 6) is -0.999. The van der Waals surface area contributed by atoms with Crippen LogP contribution in [0.4, 0.5) is 11.4 Å². The van der Waals surface area contributed by atoms with Crippen LogP contribution >= 0.6 is 0 Å². The van der Waals surface area contributed by atoms with Crippen LogP contribution in [0.5, 0.6) is 0 Å². The number of carbonyl (C=O) groups is 2. The topological polar surface area (TPSA) is 114 Å². The first-order valence-corrected chi connectivity index (χ1v) is 9.20. The van der Waals surface area contributed by atoms with E-state index in [9.17, 15) is 19.7 Å². The molecule has 2 N–H and O–H groups in total. The molecule has 30 heavy (non-hydrogen) atoms. The highest BCUT2D eigenvalue weighted by molar-refractivity contribution is 6.01. The van der Waals surface area contributed by atoms with Crippen LogP contribution in [0.2, 0.25) is 0 Å². The number of hydrogen-bond acceptors (Lipinski definition) is 5. The van der Waals surface area contributed by atoms with Crippen LogP contribution in [-0.4, -0.2) is 21.7 Å². The van der Waals surface area contributed by atoms with Crippen molar-refractivity contribution in [1.29, 1.82) is 0 Å². The molecule has 152 valence electrons. The molecule has 0 radical (unpaired) electrons. The Kier molecular flexibility index (Phi) is 6.17. The Balaban J connectivity index is 1.92. The fourth-order valence-electron chi connectivity index (χ4n) is 3.00. The quantitative estimate of drug-likeness (QED) is 0.480. The Morgan fingerprint density at radius 1 is 0.967 bits per heavy atom. The number of nitrogens with zero attached hydrogens (tertiary/aromatic N) is 2. The number of aromatic nitrogens is 1. The lowest BCUT2D eigenvalue weighted by Crippen LogP contribution is -2.37. The average molecular weight is 404 g/mol. The first-order valence-electron chi connectivity index (χ1n) is 9.20. The standard InChI is InChI=1S/C22H20N4O4/c1-14-6-5-7-15(2)19(14)24-22(28)20(16-9-11-17(12-10-16)26(29)30)25-21(27)18-8-3-4-13-23-18/h3-13,20H,1-2H3,(H,24,28)(H,25,27)/t20-/m0/s1. The fraction of sp³-hybridized carbons (Fsp3) is 0.136. The summed E-state index contributed by atoms with van der Waals surface area (Å²) in [6.07, 6.45) is 1.48. The number of rotatable bonds is 6. The van der Waals surface area contributed by atoms with Crippen molar-refractivity contribution in [3.63, 3.8) is 0 Å². The predicted octanol–water partition coefficient (Wildman–Crippen LogP) is 3.72. The van der Waals surface area contributed by atoms with E-state index in [0.717, 1.165) is 11.1 Å². The van der Waals surface area contributed by atoms with Crippen molar-refractivity contribution >= 4 is 23.2 Å². The van der Waals surface area contributed by atoms with Gasteiger partial charge in [-0.05, 0) is 54.8 Å². The van der Waals surface area contributed by atoms with E-state index in [-0.39, 0.29) is 11.4 Å². The van der Waals surface area contributed by atoms with E-state index in [2.05, 4.69) is 15.6 Å².